The molecule has 0 amide bonds. The molecule has 0 radical (unpaired) electrons. The van der Waals surface area contributed by atoms with E-state index in [-0.39, 0.29) is 23.9 Å². The summed E-state index contributed by atoms with van der Waals surface area (Å²) in [5.41, 5.74) is 2.33. The van der Waals surface area contributed by atoms with Gasteiger partial charge in [-0.15, -0.1) is 6.42 Å². The van der Waals surface area contributed by atoms with Crippen LogP contribution in [0.5, 0.6) is 5.75 Å². The smallest absolute Gasteiger partial charge is 0.115 e. The molecule has 0 aromatic heterocycles. The molecule has 23 heavy (non-hydrogen) atoms. The van der Waals surface area contributed by atoms with Gasteiger partial charge >= 0.3 is 0 Å². The maximum absolute atomic E-state index is 9.70. The van der Waals surface area contributed by atoms with Crippen LogP contribution in [0.4, 0.5) is 0 Å². The van der Waals surface area contributed by atoms with Crippen LogP contribution in [0.2, 0.25) is 0 Å². The molecule has 0 saturated carbocycles. The Labute approximate surface area is 139 Å². The zero-order valence-electron chi connectivity index (χ0n) is 13.8. The Morgan fingerprint density at radius 3 is 2.52 bits per heavy atom. The van der Waals surface area contributed by atoms with Crippen molar-refractivity contribution in [3.05, 3.63) is 65.7 Å². The van der Waals surface area contributed by atoms with Gasteiger partial charge in [0.15, 0.2) is 0 Å². The minimum absolute atomic E-state index is 0.0514. The van der Waals surface area contributed by atoms with Crippen molar-refractivity contribution in [1.82, 2.24) is 0 Å². The Kier molecular flexibility index (Phi) is 5.84. The summed E-state index contributed by atoms with van der Waals surface area (Å²) < 4.78 is 5.82. The summed E-state index contributed by atoms with van der Waals surface area (Å²) >= 11 is 0. The SMILES string of the molecule is C#CCOC(CCC(C)(C)c1ccccc1)c1cccc(O)c1. The van der Waals surface area contributed by atoms with Crippen LogP contribution in [0.25, 0.3) is 0 Å². The summed E-state index contributed by atoms with van der Waals surface area (Å²) in [7, 11) is 0. The Balaban J connectivity index is 2.11. The van der Waals surface area contributed by atoms with Crippen molar-refractivity contribution >= 4 is 0 Å². The lowest BCUT2D eigenvalue weighted by Crippen LogP contribution is -2.19. The highest BCUT2D eigenvalue weighted by atomic mass is 16.5. The van der Waals surface area contributed by atoms with Gasteiger partial charge in [-0.1, -0.05) is 62.2 Å². The molecule has 0 aliphatic rings. The van der Waals surface area contributed by atoms with Gasteiger partial charge < -0.3 is 9.84 Å². The Morgan fingerprint density at radius 1 is 1.13 bits per heavy atom. The molecule has 0 fully saturated rings. The molecular formula is C21H24O2. The van der Waals surface area contributed by atoms with Crippen molar-refractivity contribution in [2.45, 2.75) is 38.2 Å². The van der Waals surface area contributed by atoms with Gasteiger partial charge in [-0.25, -0.2) is 0 Å². The van der Waals surface area contributed by atoms with Crippen LogP contribution in [-0.4, -0.2) is 11.7 Å². The molecule has 0 aliphatic carbocycles. The highest BCUT2D eigenvalue weighted by molar-refractivity contribution is 5.29. The Morgan fingerprint density at radius 2 is 1.87 bits per heavy atom. The van der Waals surface area contributed by atoms with E-state index in [1.165, 1.54) is 5.56 Å². The summed E-state index contributed by atoms with van der Waals surface area (Å²) in [6.07, 6.45) is 7.02. The number of phenolic OH excluding ortho intramolecular Hbond substituents is 1. The molecule has 0 heterocycles. The van der Waals surface area contributed by atoms with E-state index in [1.807, 2.05) is 18.2 Å². The third-order valence-corrected chi connectivity index (χ3v) is 4.20. The first-order valence-electron chi connectivity index (χ1n) is 7.92. The fourth-order valence-corrected chi connectivity index (χ4v) is 2.75. The van der Waals surface area contributed by atoms with Crippen molar-refractivity contribution in [2.75, 3.05) is 6.61 Å². The number of aromatic hydroxyl groups is 1. The lowest BCUT2D eigenvalue weighted by molar-refractivity contribution is 0.0648. The third-order valence-electron chi connectivity index (χ3n) is 4.20. The fraction of sp³-hybridized carbons (Fsp3) is 0.333. The van der Waals surface area contributed by atoms with Crippen molar-refractivity contribution in [1.29, 1.82) is 0 Å². The molecule has 2 heteroatoms. The molecule has 2 rings (SSSR count). The fourth-order valence-electron chi connectivity index (χ4n) is 2.75. The van der Waals surface area contributed by atoms with Gasteiger partial charge in [0, 0.05) is 0 Å². The van der Waals surface area contributed by atoms with Crippen LogP contribution in [-0.2, 0) is 10.2 Å². The standard InChI is InChI=1S/C21H24O2/c1-4-15-23-20(17-9-8-12-19(22)16-17)13-14-21(2,3)18-10-6-5-7-11-18/h1,5-12,16,20,22H,13-15H2,2-3H3. The number of ether oxygens (including phenoxy) is 1. The quantitative estimate of drug-likeness (QED) is 0.742. The highest BCUT2D eigenvalue weighted by Gasteiger charge is 2.23. The van der Waals surface area contributed by atoms with E-state index >= 15 is 0 Å². The summed E-state index contributed by atoms with van der Waals surface area (Å²) in [6.45, 7) is 4.75. The van der Waals surface area contributed by atoms with Gasteiger partial charge in [0.05, 0.1) is 6.10 Å². The van der Waals surface area contributed by atoms with Crippen LogP contribution >= 0.6 is 0 Å². The van der Waals surface area contributed by atoms with Gasteiger partial charge in [-0.05, 0) is 41.5 Å². The minimum atomic E-state index is -0.110. The summed E-state index contributed by atoms with van der Waals surface area (Å²) in [4.78, 5) is 0. The van der Waals surface area contributed by atoms with E-state index in [0.717, 1.165) is 18.4 Å². The molecule has 2 aromatic rings. The van der Waals surface area contributed by atoms with Crippen molar-refractivity contribution in [3.63, 3.8) is 0 Å². The number of hydrogen-bond acceptors (Lipinski definition) is 2. The number of rotatable bonds is 7. The lowest BCUT2D eigenvalue weighted by Gasteiger charge is -2.28. The molecule has 0 spiro atoms. The average Bonchev–Trinajstić information content (AvgIpc) is 2.56. The zero-order valence-corrected chi connectivity index (χ0v) is 13.8. The number of hydrogen-bond donors (Lipinski definition) is 1. The van der Waals surface area contributed by atoms with Crippen LogP contribution < -0.4 is 0 Å². The van der Waals surface area contributed by atoms with Gasteiger partial charge in [-0.3, -0.25) is 0 Å². The summed E-state index contributed by atoms with van der Waals surface area (Å²) in [6, 6.07) is 17.7. The molecule has 1 N–H and O–H groups in total. The first kappa shape index (κ1) is 17.1. The maximum Gasteiger partial charge on any atom is 0.115 e. The van der Waals surface area contributed by atoms with E-state index in [4.69, 9.17) is 11.2 Å². The highest BCUT2D eigenvalue weighted by Crippen LogP contribution is 2.33. The van der Waals surface area contributed by atoms with Crippen molar-refractivity contribution in [3.8, 4) is 18.1 Å². The Hall–Kier alpha value is -2.24. The second-order valence-electron chi connectivity index (χ2n) is 6.39. The second kappa shape index (κ2) is 7.85. The van der Waals surface area contributed by atoms with E-state index in [2.05, 4.69) is 44.0 Å². The molecule has 0 saturated heterocycles. The molecule has 0 aliphatic heterocycles. The normalized spacial score (nSPS) is 12.6. The van der Waals surface area contributed by atoms with E-state index in [1.54, 1.807) is 12.1 Å². The predicted octanol–water partition coefficient (Wildman–Crippen LogP) is 4.84. The largest absolute Gasteiger partial charge is 0.508 e. The van der Waals surface area contributed by atoms with E-state index < -0.39 is 0 Å². The Bertz CT molecular complexity index is 653. The topological polar surface area (TPSA) is 29.5 Å². The molecule has 2 nitrogen and oxygen atoms in total. The van der Waals surface area contributed by atoms with Gasteiger partial charge in [0.1, 0.15) is 12.4 Å². The zero-order chi connectivity index (χ0) is 16.7. The summed E-state index contributed by atoms with van der Waals surface area (Å²) in [5, 5.41) is 9.70. The first-order chi connectivity index (χ1) is 11.0. The molecule has 1 unspecified atom stereocenters. The third kappa shape index (κ3) is 4.87. The first-order valence-corrected chi connectivity index (χ1v) is 7.92. The van der Waals surface area contributed by atoms with Crippen LogP contribution in [0.3, 0.4) is 0 Å². The summed E-state index contributed by atoms with van der Waals surface area (Å²) in [5.74, 6) is 2.78. The van der Waals surface area contributed by atoms with Crippen LogP contribution in [0.15, 0.2) is 54.6 Å². The molecule has 0 bridgehead atoms. The molecule has 120 valence electrons. The second-order valence-corrected chi connectivity index (χ2v) is 6.39. The lowest BCUT2D eigenvalue weighted by atomic mass is 9.79. The van der Waals surface area contributed by atoms with Crippen LogP contribution in [0, 0.1) is 12.3 Å². The maximum atomic E-state index is 9.70. The molecule has 2 aromatic carbocycles. The van der Waals surface area contributed by atoms with Crippen LogP contribution in [0.1, 0.15) is 43.9 Å². The molecule has 1 atom stereocenters. The predicted molar refractivity (Wildman–Crippen MR) is 94.3 cm³/mol. The van der Waals surface area contributed by atoms with Gasteiger partial charge in [-0.2, -0.15) is 0 Å². The van der Waals surface area contributed by atoms with E-state index in [0.29, 0.717) is 0 Å². The van der Waals surface area contributed by atoms with E-state index in [9.17, 15) is 5.11 Å². The van der Waals surface area contributed by atoms with Gasteiger partial charge in [0.25, 0.3) is 0 Å². The average molecular weight is 308 g/mol. The number of phenols is 1. The number of benzene rings is 2. The van der Waals surface area contributed by atoms with Crippen molar-refractivity contribution in [2.24, 2.45) is 0 Å². The van der Waals surface area contributed by atoms with Gasteiger partial charge in [0.2, 0.25) is 0 Å². The monoisotopic (exact) mass is 308 g/mol. The van der Waals surface area contributed by atoms with Crippen molar-refractivity contribution < 1.29 is 9.84 Å². The minimum Gasteiger partial charge on any atom is -0.508 e. The molecular weight excluding hydrogens is 284 g/mol. The number of terminal acetylenes is 1.